The molecular formula is C44H45F3N6O6S. The molecule has 2 aliphatic heterocycles. The highest BCUT2D eigenvalue weighted by Gasteiger charge is 2.39. The minimum atomic E-state index is -4.65. The number of imide groups is 1. The summed E-state index contributed by atoms with van der Waals surface area (Å²) in [6.07, 6.45) is -1.22. The van der Waals surface area contributed by atoms with Crippen molar-refractivity contribution in [1.29, 1.82) is 0 Å². The zero-order valence-electron chi connectivity index (χ0n) is 33.9. The van der Waals surface area contributed by atoms with Gasteiger partial charge in [-0.1, -0.05) is 12.1 Å². The van der Waals surface area contributed by atoms with Crippen molar-refractivity contribution >= 4 is 56.9 Å². The maximum Gasteiger partial charge on any atom is 0.417 e. The fourth-order valence-corrected chi connectivity index (χ4v) is 8.22. The molecule has 3 aromatic carbocycles. The lowest BCUT2D eigenvalue weighted by molar-refractivity contribution is -0.138. The largest absolute Gasteiger partial charge is 0.494 e. The molecular weight excluding hydrogens is 798 g/mol. The number of benzene rings is 3. The minimum Gasteiger partial charge on any atom is -0.494 e. The first-order valence-corrected chi connectivity index (χ1v) is 20.4. The second kappa shape index (κ2) is 16.9. The Balaban J connectivity index is 1.01. The van der Waals surface area contributed by atoms with E-state index in [9.17, 15) is 32.3 Å². The quantitative estimate of drug-likeness (QED) is 0.0966. The Hall–Kier alpha value is -6.03. The summed E-state index contributed by atoms with van der Waals surface area (Å²) < 4.78 is 56.0. The van der Waals surface area contributed by atoms with Crippen LogP contribution in [0, 0.1) is 0 Å². The first kappa shape index (κ1) is 42.1. The normalized spacial score (nSPS) is 15.6. The molecule has 2 aromatic heterocycles. The second-order valence-electron chi connectivity index (χ2n) is 16.0. The van der Waals surface area contributed by atoms with Crippen molar-refractivity contribution in [3.05, 3.63) is 89.6 Å². The Morgan fingerprint density at radius 2 is 1.70 bits per heavy atom. The molecule has 2 aliphatic rings. The smallest absolute Gasteiger partial charge is 0.417 e. The van der Waals surface area contributed by atoms with E-state index in [-0.39, 0.29) is 41.8 Å². The molecule has 1 fully saturated rings. The van der Waals surface area contributed by atoms with Crippen molar-refractivity contribution in [2.45, 2.75) is 77.2 Å². The van der Waals surface area contributed by atoms with Crippen molar-refractivity contribution in [2.75, 3.05) is 37.0 Å². The molecule has 0 bridgehead atoms. The second-order valence-corrected chi connectivity index (χ2v) is 17.0. The summed E-state index contributed by atoms with van der Waals surface area (Å²) in [5, 5.41) is 2.51. The molecule has 4 heterocycles. The third-order valence-electron chi connectivity index (χ3n) is 10.2. The van der Waals surface area contributed by atoms with Crippen LogP contribution in [-0.2, 0) is 27.0 Å². The molecule has 0 radical (unpaired) electrons. The van der Waals surface area contributed by atoms with Gasteiger partial charge in [0.1, 0.15) is 28.2 Å². The van der Waals surface area contributed by atoms with Gasteiger partial charge in [0.15, 0.2) is 0 Å². The number of unbranched alkanes of at least 4 members (excludes halogenated alkanes) is 2. The molecule has 5 aromatic rings. The van der Waals surface area contributed by atoms with E-state index in [1.165, 1.54) is 15.9 Å². The number of fused-ring (bicyclic) bond motifs is 2. The summed E-state index contributed by atoms with van der Waals surface area (Å²) >= 11 is 1.12. The number of hydrogen-bond donors (Lipinski definition) is 1. The fraction of sp³-hybridized carbons (Fsp3) is 0.364. The number of carbonyl (C=O) groups is 4. The number of alkyl halides is 3. The number of thiazole rings is 1. The van der Waals surface area contributed by atoms with Gasteiger partial charge in [-0.05, 0) is 112 Å². The summed E-state index contributed by atoms with van der Waals surface area (Å²) in [6, 6.07) is 17.4. The van der Waals surface area contributed by atoms with Crippen molar-refractivity contribution in [3.8, 4) is 27.4 Å². The molecule has 0 aliphatic carbocycles. The highest BCUT2D eigenvalue weighted by Crippen LogP contribution is 2.42. The number of nitrogens with one attached hydrogen (secondary N) is 1. The number of carbonyl (C=O) groups excluding carboxylic acids is 4. The van der Waals surface area contributed by atoms with Crippen LogP contribution >= 0.6 is 11.3 Å². The van der Waals surface area contributed by atoms with E-state index in [1.807, 2.05) is 19.0 Å². The summed E-state index contributed by atoms with van der Waals surface area (Å²) in [4.78, 5) is 64.3. The van der Waals surface area contributed by atoms with Gasteiger partial charge < -0.3 is 19.3 Å². The number of ether oxygens (including phenoxy) is 2. The highest BCUT2D eigenvalue weighted by atomic mass is 32.1. The van der Waals surface area contributed by atoms with E-state index in [4.69, 9.17) is 9.47 Å². The molecule has 1 unspecified atom stereocenters. The predicted molar refractivity (Wildman–Crippen MR) is 223 cm³/mol. The molecule has 1 saturated heterocycles. The van der Waals surface area contributed by atoms with Gasteiger partial charge in [0.25, 0.3) is 5.91 Å². The van der Waals surface area contributed by atoms with Crippen molar-refractivity contribution < 1.29 is 41.8 Å². The topological polar surface area (TPSA) is 134 Å². The number of halogens is 3. The molecule has 1 N–H and O–H groups in total. The predicted octanol–water partition coefficient (Wildman–Crippen LogP) is 8.86. The monoisotopic (exact) mass is 842 g/mol. The molecule has 4 amide bonds. The number of pyridine rings is 1. The Kier molecular flexibility index (Phi) is 11.9. The lowest BCUT2D eigenvalue weighted by atomic mass is 10.00. The number of rotatable bonds is 12. The molecule has 7 rings (SSSR count). The van der Waals surface area contributed by atoms with Crippen LogP contribution in [-0.4, -0.2) is 77.6 Å². The van der Waals surface area contributed by atoms with Crippen molar-refractivity contribution in [2.24, 2.45) is 0 Å². The molecule has 0 spiro atoms. The lowest BCUT2D eigenvalue weighted by Gasteiger charge is -2.29. The van der Waals surface area contributed by atoms with Crippen molar-refractivity contribution in [3.63, 3.8) is 0 Å². The Labute approximate surface area is 349 Å². The lowest BCUT2D eigenvalue weighted by Crippen LogP contribution is -2.52. The molecule has 1 atom stereocenters. The average Bonchev–Trinajstić information content (AvgIpc) is 3.76. The van der Waals surface area contributed by atoms with E-state index >= 15 is 0 Å². The number of piperidine rings is 1. The first-order chi connectivity index (χ1) is 28.4. The van der Waals surface area contributed by atoms with Gasteiger partial charge in [-0.2, -0.15) is 13.2 Å². The molecule has 16 heteroatoms. The third-order valence-corrected chi connectivity index (χ3v) is 11.2. The van der Waals surface area contributed by atoms with Gasteiger partial charge in [0.2, 0.25) is 11.8 Å². The first-order valence-electron chi connectivity index (χ1n) is 19.6. The number of nitrogens with zero attached hydrogens (tertiary/aromatic N) is 5. The Morgan fingerprint density at radius 1 is 0.933 bits per heavy atom. The van der Waals surface area contributed by atoms with E-state index in [1.54, 1.807) is 81.6 Å². The van der Waals surface area contributed by atoms with Crippen LogP contribution in [0.3, 0.4) is 0 Å². The van der Waals surface area contributed by atoms with Crippen LogP contribution in [0.5, 0.6) is 5.75 Å². The standard InChI is InChI=1S/C44H45F3N6O6S/c1-43(2,3)59-42(57)52(19-7-6-8-20-58-30-12-14-31-28(21-30)25-53(41(31)56)35-16-18-38(54)50-39(35)55)29-11-15-34-36(23-29)60-40(49-34)32-13-9-26(22-33(32)44(45,46)47)27-10-17-37(48-24-27)51(4)5/h9-15,17,21-24,35H,6-8,16,18-20,25H2,1-5H3,(H,50,54,55). The van der Waals surface area contributed by atoms with Gasteiger partial charge in [0.05, 0.1) is 22.4 Å². The van der Waals surface area contributed by atoms with Crippen LogP contribution in [0.25, 0.3) is 31.9 Å². The van der Waals surface area contributed by atoms with Crippen LogP contribution in [0.15, 0.2) is 72.9 Å². The van der Waals surface area contributed by atoms with Gasteiger partial charge in [-0.3, -0.25) is 24.6 Å². The maximum absolute atomic E-state index is 14.5. The Morgan fingerprint density at radius 3 is 2.40 bits per heavy atom. The minimum absolute atomic E-state index is 0.0411. The zero-order chi connectivity index (χ0) is 42.9. The van der Waals surface area contributed by atoms with Crippen LogP contribution in [0.1, 0.15) is 74.4 Å². The number of hydrogen-bond acceptors (Lipinski definition) is 10. The van der Waals surface area contributed by atoms with Gasteiger partial charge in [-0.25, -0.2) is 14.8 Å². The molecule has 60 heavy (non-hydrogen) atoms. The van der Waals surface area contributed by atoms with E-state index in [0.29, 0.717) is 76.6 Å². The summed E-state index contributed by atoms with van der Waals surface area (Å²) in [7, 11) is 3.67. The molecule has 0 saturated carbocycles. The molecule has 314 valence electrons. The summed E-state index contributed by atoms with van der Waals surface area (Å²) in [6.45, 7) is 6.27. The van der Waals surface area contributed by atoms with Gasteiger partial charge in [0, 0.05) is 62.2 Å². The summed E-state index contributed by atoms with van der Waals surface area (Å²) in [5.74, 6) is 0.219. The third kappa shape index (κ3) is 9.38. The Bertz CT molecular complexity index is 2450. The fourth-order valence-electron chi connectivity index (χ4n) is 7.18. The average molecular weight is 843 g/mol. The highest BCUT2D eigenvalue weighted by molar-refractivity contribution is 7.21. The summed E-state index contributed by atoms with van der Waals surface area (Å²) in [5.41, 5.74) is 1.60. The SMILES string of the molecule is CN(C)c1ccc(-c2ccc(-c3nc4ccc(N(CCCCCOc5ccc6c(c5)CN(C5CCC(=O)NC5=O)C6=O)C(=O)OC(C)(C)C)cc4s3)c(C(F)(F)F)c2)cn1. The van der Waals surface area contributed by atoms with E-state index < -0.39 is 35.4 Å². The van der Waals surface area contributed by atoms with Crippen LogP contribution < -0.4 is 19.9 Å². The van der Waals surface area contributed by atoms with Gasteiger partial charge in [-0.15, -0.1) is 11.3 Å². The molecule has 12 nitrogen and oxygen atoms in total. The van der Waals surface area contributed by atoms with Crippen molar-refractivity contribution in [1.82, 2.24) is 20.2 Å². The number of anilines is 2. The maximum atomic E-state index is 14.5. The van der Waals surface area contributed by atoms with E-state index in [2.05, 4.69) is 15.3 Å². The number of amides is 4. The van der Waals surface area contributed by atoms with Crippen LogP contribution in [0.2, 0.25) is 0 Å². The van der Waals surface area contributed by atoms with E-state index in [0.717, 1.165) is 23.0 Å². The number of aromatic nitrogens is 2. The van der Waals surface area contributed by atoms with Crippen LogP contribution in [0.4, 0.5) is 29.5 Å². The zero-order valence-corrected chi connectivity index (χ0v) is 34.7. The van der Waals surface area contributed by atoms with Gasteiger partial charge >= 0.3 is 12.3 Å².